The van der Waals surface area contributed by atoms with Crippen LogP contribution in [0.1, 0.15) is 56.5 Å². The first-order valence-corrected chi connectivity index (χ1v) is 6.29. The van der Waals surface area contributed by atoms with Gasteiger partial charge in [-0.1, -0.05) is 13.3 Å². The van der Waals surface area contributed by atoms with Crippen LogP contribution in [-0.4, -0.2) is 21.2 Å². The zero-order valence-corrected chi connectivity index (χ0v) is 9.89. The quantitative estimate of drug-likeness (QED) is 0.851. The fourth-order valence-electron chi connectivity index (χ4n) is 2.34. The van der Waals surface area contributed by atoms with Crippen LogP contribution in [0.4, 0.5) is 0 Å². The fourth-order valence-corrected chi connectivity index (χ4v) is 2.34. The van der Waals surface area contributed by atoms with E-state index in [1.165, 1.54) is 0 Å². The standard InChI is InChI=1S/C13H20N2O/c1-2-3-11-8-9-14-13(15-11)10-4-6-12(16)7-5-10/h8-10,12,16H,2-7H2,1H3. The molecule has 0 aromatic carbocycles. The van der Waals surface area contributed by atoms with Crippen LogP contribution in [0.25, 0.3) is 0 Å². The monoisotopic (exact) mass is 220 g/mol. The molecule has 1 aliphatic carbocycles. The summed E-state index contributed by atoms with van der Waals surface area (Å²) in [6.45, 7) is 2.17. The Morgan fingerprint density at radius 1 is 1.31 bits per heavy atom. The molecule has 1 fully saturated rings. The average molecular weight is 220 g/mol. The number of hydrogen-bond donors (Lipinski definition) is 1. The van der Waals surface area contributed by atoms with Crippen molar-refractivity contribution in [2.45, 2.75) is 57.5 Å². The molecule has 0 saturated heterocycles. The predicted molar refractivity (Wildman–Crippen MR) is 63.2 cm³/mol. The van der Waals surface area contributed by atoms with Gasteiger partial charge in [-0.3, -0.25) is 0 Å². The summed E-state index contributed by atoms with van der Waals surface area (Å²) in [5.74, 6) is 1.44. The van der Waals surface area contributed by atoms with Gasteiger partial charge in [0.2, 0.25) is 0 Å². The van der Waals surface area contributed by atoms with Gasteiger partial charge in [-0.25, -0.2) is 9.97 Å². The number of nitrogens with zero attached hydrogens (tertiary/aromatic N) is 2. The Hall–Kier alpha value is -0.960. The maximum atomic E-state index is 9.47. The third-order valence-electron chi connectivity index (χ3n) is 3.30. The zero-order valence-electron chi connectivity index (χ0n) is 9.89. The highest BCUT2D eigenvalue weighted by Crippen LogP contribution is 2.30. The van der Waals surface area contributed by atoms with Crippen LogP contribution in [0.3, 0.4) is 0 Å². The van der Waals surface area contributed by atoms with Crippen LogP contribution in [0.2, 0.25) is 0 Å². The smallest absolute Gasteiger partial charge is 0.131 e. The highest BCUT2D eigenvalue weighted by molar-refractivity contribution is 5.06. The van der Waals surface area contributed by atoms with Gasteiger partial charge >= 0.3 is 0 Å². The molecule has 0 radical (unpaired) electrons. The van der Waals surface area contributed by atoms with Crippen molar-refractivity contribution in [3.05, 3.63) is 23.8 Å². The van der Waals surface area contributed by atoms with Crippen LogP contribution < -0.4 is 0 Å². The van der Waals surface area contributed by atoms with Crippen LogP contribution in [-0.2, 0) is 6.42 Å². The summed E-state index contributed by atoms with van der Waals surface area (Å²) in [4.78, 5) is 9.00. The summed E-state index contributed by atoms with van der Waals surface area (Å²) in [6.07, 6.45) is 7.77. The van der Waals surface area contributed by atoms with Crippen molar-refractivity contribution in [2.24, 2.45) is 0 Å². The first kappa shape index (κ1) is 11.5. The Balaban J connectivity index is 2.05. The second-order valence-corrected chi connectivity index (χ2v) is 4.66. The molecule has 88 valence electrons. The summed E-state index contributed by atoms with van der Waals surface area (Å²) in [7, 11) is 0. The lowest BCUT2D eigenvalue weighted by Crippen LogP contribution is -2.18. The Morgan fingerprint density at radius 2 is 2.06 bits per heavy atom. The summed E-state index contributed by atoms with van der Waals surface area (Å²) < 4.78 is 0. The highest BCUT2D eigenvalue weighted by atomic mass is 16.3. The van der Waals surface area contributed by atoms with E-state index < -0.39 is 0 Å². The summed E-state index contributed by atoms with van der Waals surface area (Å²) in [5, 5.41) is 9.47. The van der Waals surface area contributed by atoms with Gasteiger partial charge in [0.25, 0.3) is 0 Å². The van der Waals surface area contributed by atoms with Crippen molar-refractivity contribution in [2.75, 3.05) is 0 Å². The second-order valence-electron chi connectivity index (χ2n) is 4.66. The molecule has 3 heteroatoms. The van der Waals surface area contributed by atoms with Crippen molar-refractivity contribution in [3.63, 3.8) is 0 Å². The third kappa shape index (κ3) is 2.79. The Morgan fingerprint density at radius 3 is 2.75 bits per heavy atom. The number of rotatable bonds is 3. The summed E-state index contributed by atoms with van der Waals surface area (Å²) in [6, 6.07) is 2.00. The van der Waals surface area contributed by atoms with E-state index in [0.717, 1.165) is 50.0 Å². The van der Waals surface area contributed by atoms with E-state index in [-0.39, 0.29) is 6.10 Å². The molecular weight excluding hydrogens is 200 g/mol. The van der Waals surface area contributed by atoms with E-state index >= 15 is 0 Å². The van der Waals surface area contributed by atoms with Crippen molar-refractivity contribution in [3.8, 4) is 0 Å². The largest absolute Gasteiger partial charge is 0.393 e. The van der Waals surface area contributed by atoms with E-state index in [0.29, 0.717) is 5.92 Å². The number of aromatic nitrogens is 2. The van der Waals surface area contributed by atoms with Crippen molar-refractivity contribution < 1.29 is 5.11 Å². The molecule has 1 aliphatic rings. The fraction of sp³-hybridized carbons (Fsp3) is 0.692. The number of aryl methyl sites for hydroxylation is 1. The normalized spacial score (nSPS) is 25.6. The van der Waals surface area contributed by atoms with Crippen LogP contribution in [0, 0.1) is 0 Å². The minimum absolute atomic E-state index is 0.102. The molecular formula is C13H20N2O. The maximum Gasteiger partial charge on any atom is 0.131 e. The van der Waals surface area contributed by atoms with Crippen molar-refractivity contribution >= 4 is 0 Å². The van der Waals surface area contributed by atoms with Gasteiger partial charge in [-0.15, -0.1) is 0 Å². The molecule has 0 unspecified atom stereocenters. The summed E-state index contributed by atoms with van der Waals surface area (Å²) >= 11 is 0. The van der Waals surface area contributed by atoms with Gasteiger partial charge in [-0.2, -0.15) is 0 Å². The highest BCUT2D eigenvalue weighted by Gasteiger charge is 2.22. The van der Waals surface area contributed by atoms with Gasteiger partial charge in [0.15, 0.2) is 0 Å². The van der Waals surface area contributed by atoms with Crippen molar-refractivity contribution in [1.82, 2.24) is 9.97 Å². The first-order chi connectivity index (χ1) is 7.79. The minimum Gasteiger partial charge on any atom is -0.393 e. The molecule has 1 heterocycles. The Kier molecular flexibility index (Phi) is 3.88. The van der Waals surface area contributed by atoms with Gasteiger partial charge in [-0.05, 0) is 38.2 Å². The second kappa shape index (κ2) is 5.39. The van der Waals surface area contributed by atoms with Gasteiger partial charge in [0.05, 0.1) is 6.10 Å². The third-order valence-corrected chi connectivity index (χ3v) is 3.30. The van der Waals surface area contributed by atoms with E-state index in [2.05, 4.69) is 16.9 Å². The molecule has 0 aliphatic heterocycles. The summed E-state index contributed by atoms with van der Waals surface area (Å²) in [5.41, 5.74) is 1.15. The molecule has 3 nitrogen and oxygen atoms in total. The molecule has 2 rings (SSSR count). The number of aliphatic hydroxyl groups excluding tert-OH is 1. The van der Waals surface area contributed by atoms with Gasteiger partial charge in [0.1, 0.15) is 5.82 Å². The van der Waals surface area contributed by atoms with Crippen LogP contribution in [0.5, 0.6) is 0 Å². The van der Waals surface area contributed by atoms with E-state index in [9.17, 15) is 5.11 Å². The SMILES string of the molecule is CCCc1ccnc(C2CCC(O)CC2)n1. The first-order valence-electron chi connectivity index (χ1n) is 6.29. The lowest BCUT2D eigenvalue weighted by atomic mass is 9.87. The molecule has 0 spiro atoms. The number of aliphatic hydroxyl groups is 1. The minimum atomic E-state index is -0.102. The van der Waals surface area contributed by atoms with E-state index in [1.54, 1.807) is 0 Å². The van der Waals surface area contributed by atoms with Crippen molar-refractivity contribution in [1.29, 1.82) is 0 Å². The van der Waals surface area contributed by atoms with Gasteiger partial charge in [0, 0.05) is 17.8 Å². The Labute approximate surface area is 96.9 Å². The maximum absolute atomic E-state index is 9.47. The molecule has 1 aromatic heterocycles. The molecule has 1 aromatic rings. The molecule has 16 heavy (non-hydrogen) atoms. The molecule has 1 N–H and O–H groups in total. The molecule has 0 atom stereocenters. The van der Waals surface area contributed by atoms with Crippen LogP contribution >= 0.6 is 0 Å². The molecule has 1 saturated carbocycles. The molecule has 0 amide bonds. The van der Waals surface area contributed by atoms with Gasteiger partial charge < -0.3 is 5.11 Å². The predicted octanol–water partition coefficient (Wildman–Crippen LogP) is 2.45. The molecule has 0 bridgehead atoms. The Bertz CT molecular complexity index is 332. The zero-order chi connectivity index (χ0) is 11.4. The lowest BCUT2D eigenvalue weighted by Gasteiger charge is -2.24. The number of hydrogen-bond acceptors (Lipinski definition) is 3. The van der Waals surface area contributed by atoms with E-state index in [1.807, 2.05) is 12.3 Å². The average Bonchev–Trinajstić information content (AvgIpc) is 2.31. The van der Waals surface area contributed by atoms with Crippen LogP contribution in [0.15, 0.2) is 12.3 Å². The van der Waals surface area contributed by atoms with E-state index in [4.69, 9.17) is 0 Å². The topological polar surface area (TPSA) is 46.0 Å². The lowest BCUT2D eigenvalue weighted by molar-refractivity contribution is 0.121.